The molecule has 0 radical (unpaired) electrons. The van der Waals surface area contributed by atoms with E-state index in [2.05, 4.69) is 10.4 Å². The molecule has 0 saturated carbocycles. The molecule has 6 nitrogen and oxygen atoms in total. The number of nitrogen functional groups attached to an aromatic ring is 1. The van der Waals surface area contributed by atoms with Gasteiger partial charge in [0.15, 0.2) is 11.6 Å². The van der Waals surface area contributed by atoms with Gasteiger partial charge in [0.1, 0.15) is 0 Å². The van der Waals surface area contributed by atoms with Crippen LogP contribution < -0.4 is 11.3 Å². The van der Waals surface area contributed by atoms with E-state index in [9.17, 15) is 14.3 Å². The number of hydrogen-bond acceptors (Lipinski definition) is 5. The fourth-order valence-corrected chi connectivity index (χ4v) is 2.50. The van der Waals surface area contributed by atoms with Gasteiger partial charge in [-0.2, -0.15) is 0 Å². The Morgan fingerprint density at radius 2 is 2.35 bits per heavy atom. The summed E-state index contributed by atoms with van der Waals surface area (Å²) in [7, 11) is 0. The summed E-state index contributed by atoms with van der Waals surface area (Å²) in [6, 6.07) is 1.07. The molecule has 2 rings (SSSR count). The van der Waals surface area contributed by atoms with Crippen molar-refractivity contribution in [2.75, 3.05) is 18.6 Å². The maximum Gasteiger partial charge on any atom is 0.257 e. The molecule has 1 aromatic heterocycles. The molecule has 0 bridgehead atoms. The standard InChI is InChI=1S/C13H19FN4O2/c14-11-10(5-6-16-12(11)17-15)13(20)18-7-3-1-2-4-9(18)8-19/h5-6,9,19H,1-4,7-8,15H2,(H,16,17). The number of pyridine rings is 1. The van der Waals surface area contributed by atoms with Gasteiger partial charge in [-0.15, -0.1) is 0 Å². The average molecular weight is 282 g/mol. The lowest BCUT2D eigenvalue weighted by molar-refractivity contribution is 0.0595. The zero-order chi connectivity index (χ0) is 14.5. The molecule has 1 aliphatic rings. The molecule has 1 unspecified atom stereocenters. The van der Waals surface area contributed by atoms with Crippen LogP contribution in [0.1, 0.15) is 36.0 Å². The number of aliphatic hydroxyl groups is 1. The molecule has 1 aliphatic heterocycles. The maximum atomic E-state index is 14.1. The molecule has 2 heterocycles. The predicted molar refractivity (Wildman–Crippen MR) is 72.4 cm³/mol. The lowest BCUT2D eigenvalue weighted by atomic mass is 10.1. The van der Waals surface area contributed by atoms with Crippen LogP contribution >= 0.6 is 0 Å². The molecule has 1 aromatic rings. The zero-order valence-electron chi connectivity index (χ0n) is 11.2. The summed E-state index contributed by atoms with van der Waals surface area (Å²) >= 11 is 0. The van der Waals surface area contributed by atoms with Gasteiger partial charge in [-0.25, -0.2) is 15.2 Å². The summed E-state index contributed by atoms with van der Waals surface area (Å²) in [5, 5.41) is 9.42. The maximum absolute atomic E-state index is 14.1. The number of rotatable bonds is 3. The fraction of sp³-hybridized carbons (Fsp3) is 0.538. The highest BCUT2D eigenvalue weighted by molar-refractivity contribution is 5.95. The van der Waals surface area contributed by atoms with Crippen molar-refractivity contribution in [2.45, 2.75) is 31.7 Å². The van der Waals surface area contributed by atoms with E-state index in [4.69, 9.17) is 5.84 Å². The molecule has 7 heteroatoms. The van der Waals surface area contributed by atoms with Crippen LogP contribution in [-0.4, -0.2) is 40.1 Å². The third-order valence-electron chi connectivity index (χ3n) is 3.61. The Bertz CT molecular complexity index is 483. The predicted octanol–water partition coefficient (Wildman–Crippen LogP) is 0.883. The van der Waals surface area contributed by atoms with Crippen molar-refractivity contribution in [1.29, 1.82) is 0 Å². The summed E-state index contributed by atoms with van der Waals surface area (Å²) in [4.78, 5) is 17.7. The number of nitrogens with zero attached hydrogens (tertiary/aromatic N) is 2. The summed E-state index contributed by atoms with van der Waals surface area (Å²) in [5.74, 6) is 3.81. The first-order valence-corrected chi connectivity index (χ1v) is 6.72. The highest BCUT2D eigenvalue weighted by atomic mass is 19.1. The minimum atomic E-state index is -0.763. The lowest BCUT2D eigenvalue weighted by Gasteiger charge is -2.28. The fourth-order valence-electron chi connectivity index (χ4n) is 2.50. The number of carbonyl (C=O) groups is 1. The van der Waals surface area contributed by atoms with Crippen molar-refractivity contribution in [3.05, 3.63) is 23.6 Å². The Labute approximate surface area is 116 Å². The summed E-state index contributed by atoms with van der Waals surface area (Å²) in [6.45, 7) is 0.414. The summed E-state index contributed by atoms with van der Waals surface area (Å²) in [5.41, 5.74) is 2.05. The molecule has 0 aromatic carbocycles. The number of nitrogens with one attached hydrogen (secondary N) is 1. The van der Waals surface area contributed by atoms with Gasteiger partial charge in [-0.1, -0.05) is 12.8 Å². The van der Waals surface area contributed by atoms with Gasteiger partial charge >= 0.3 is 0 Å². The molecule has 1 fully saturated rings. The Morgan fingerprint density at radius 1 is 1.55 bits per heavy atom. The van der Waals surface area contributed by atoms with Crippen molar-refractivity contribution in [3.8, 4) is 0 Å². The Morgan fingerprint density at radius 3 is 3.05 bits per heavy atom. The number of halogens is 1. The van der Waals surface area contributed by atoms with Crippen LogP contribution in [0.15, 0.2) is 12.3 Å². The van der Waals surface area contributed by atoms with E-state index in [-0.39, 0.29) is 24.0 Å². The van der Waals surface area contributed by atoms with E-state index in [0.29, 0.717) is 6.54 Å². The molecule has 110 valence electrons. The van der Waals surface area contributed by atoms with Crippen molar-refractivity contribution in [1.82, 2.24) is 9.88 Å². The molecule has 0 aliphatic carbocycles. The molecule has 1 atom stereocenters. The molecular formula is C13H19FN4O2. The third kappa shape index (κ3) is 2.88. The second kappa shape index (κ2) is 6.62. The van der Waals surface area contributed by atoms with Gasteiger partial charge in [0.2, 0.25) is 0 Å². The number of nitrogens with two attached hydrogens (primary N) is 1. The number of anilines is 1. The van der Waals surface area contributed by atoms with E-state index < -0.39 is 11.7 Å². The van der Waals surface area contributed by atoms with Gasteiger partial charge in [-0.05, 0) is 18.9 Å². The molecule has 1 saturated heterocycles. The number of hydrogen-bond donors (Lipinski definition) is 3. The minimum absolute atomic E-state index is 0.0756. The summed E-state index contributed by atoms with van der Waals surface area (Å²) < 4.78 is 14.1. The monoisotopic (exact) mass is 282 g/mol. The summed E-state index contributed by atoms with van der Waals surface area (Å²) in [6.07, 6.45) is 4.89. The van der Waals surface area contributed by atoms with E-state index in [1.54, 1.807) is 4.90 Å². The van der Waals surface area contributed by atoms with Gasteiger partial charge in [-0.3, -0.25) is 4.79 Å². The van der Waals surface area contributed by atoms with Crippen LogP contribution in [0.3, 0.4) is 0 Å². The first kappa shape index (κ1) is 14.7. The van der Waals surface area contributed by atoms with E-state index >= 15 is 0 Å². The number of hydrazine groups is 1. The average Bonchev–Trinajstić information content (AvgIpc) is 2.72. The Kier molecular flexibility index (Phi) is 4.86. The van der Waals surface area contributed by atoms with Crippen molar-refractivity contribution in [2.24, 2.45) is 5.84 Å². The SMILES string of the molecule is NNc1nccc(C(=O)N2CCCCCC2CO)c1F. The van der Waals surface area contributed by atoms with Crippen LogP contribution in [0.2, 0.25) is 0 Å². The third-order valence-corrected chi connectivity index (χ3v) is 3.61. The second-order valence-corrected chi connectivity index (χ2v) is 4.85. The van der Waals surface area contributed by atoms with Crippen molar-refractivity contribution in [3.63, 3.8) is 0 Å². The Hall–Kier alpha value is -1.73. The highest BCUT2D eigenvalue weighted by Gasteiger charge is 2.28. The van der Waals surface area contributed by atoms with Crippen molar-refractivity contribution >= 4 is 11.7 Å². The van der Waals surface area contributed by atoms with E-state index in [1.165, 1.54) is 12.3 Å². The topological polar surface area (TPSA) is 91.5 Å². The molecular weight excluding hydrogens is 263 g/mol. The Balaban J connectivity index is 2.29. The van der Waals surface area contributed by atoms with E-state index in [1.807, 2.05) is 0 Å². The number of carbonyl (C=O) groups excluding carboxylic acids is 1. The molecule has 4 N–H and O–H groups in total. The quantitative estimate of drug-likeness (QED) is 0.565. The molecule has 20 heavy (non-hydrogen) atoms. The smallest absolute Gasteiger partial charge is 0.257 e. The van der Waals surface area contributed by atoms with Crippen molar-refractivity contribution < 1.29 is 14.3 Å². The van der Waals surface area contributed by atoms with Gasteiger partial charge < -0.3 is 15.4 Å². The number of aromatic nitrogens is 1. The largest absolute Gasteiger partial charge is 0.394 e. The normalized spacial score (nSPS) is 19.6. The minimum Gasteiger partial charge on any atom is -0.394 e. The van der Waals surface area contributed by atoms with Crippen LogP contribution in [0, 0.1) is 5.82 Å². The number of likely N-dealkylation sites (tertiary alicyclic amines) is 1. The van der Waals surface area contributed by atoms with Gasteiger partial charge in [0, 0.05) is 12.7 Å². The zero-order valence-corrected chi connectivity index (χ0v) is 11.2. The lowest BCUT2D eigenvalue weighted by Crippen LogP contribution is -2.42. The first-order chi connectivity index (χ1) is 9.69. The van der Waals surface area contributed by atoms with Crippen LogP contribution in [0.4, 0.5) is 10.2 Å². The highest BCUT2D eigenvalue weighted by Crippen LogP contribution is 2.22. The van der Waals surface area contributed by atoms with Crippen LogP contribution in [-0.2, 0) is 0 Å². The number of amides is 1. The van der Waals surface area contributed by atoms with Gasteiger partial charge in [0.05, 0.1) is 18.2 Å². The van der Waals surface area contributed by atoms with Crippen LogP contribution in [0.25, 0.3) is 0 Å². The van der Waals surface area contributed by atoms with Gasteiger partial charge in [0.25, 0.3) is 5.91 Å². The first-order valence-electron chi connectivity index (χ1n) is 6.72. The van der Waals surface area contributed by atoms with E-state index in [0.717, 1.165) is 25.7 Å². The molecule has 0 spiro atoms. The van der Waals surface area contributed by atoms with Crippen LogP contribution in [0.5, 0.6) is 0 Å². The second-order valence-electron chi connectivity index (χ2n) is 4.85. The number of aliphatic hydroxyl groups excluding tert-OH is 1. The molecule has 1 amide bonds.